The van der Waals surface area contributed by atoms with Gasteiger partial charge in [0.05, 0.1) is 29.7 Å². The first kappa shape index (κ1) is 19.6. The van der Waals surface area contributed by atoms with Crippen molar-refractivity contribution in [2.45, 2.75) is 0 Å². The van der Waals surface area contributed by atoms with Crippen molar-refractivity contribution in [1.29, 1.82) is 0 Å². The van der Waals surface area contributed by atoms with Crippen LogP contribution in [0.4, 0.5) is 0 Å². The number of ether oxygens (including phenoxy) is 2. The summed E-state index contributed by atoms with van der Waals surface area (Å²) in [4.78, 5) is 17.2. The molecule has 1 aromatic rings. The summed E-state index contributed by atoms with van der Waals surface area (Å²) in [5, 5.41) is 9.91. The Labute approximate surface area is 170 Å². The van der Waals surface area contributed by atoms with E-state index in [1.54, 1.807) is 23.1 Å². The molecule has 0 atom stereocenters. The number of methoxy groups -OCH3 is 1. The third kappa shape index (κ3) is 4.40. The molecule has 2 fully saturated rings. The first-order valence-electron chi connectivity index (χ1n) is 8.11. The number of nitrogens with zero attached hydrogens (tertiary/aromatic N) is 2. The van der Waals surface area contributed by atoms with Gasteiger partial charge in [0.15, 0.2) is 11.5 Å². The molecule has 1 N–H and O–H groups in total. The highest BCUT2D eigenvalue weighted by molar-refractivity contribution is 9.10. The summed E-state index contributed by atoms with van der Waals surface area (Å²) < 4.78 is 11.6. The van der Waals surface area contributed by atoms with Gasteiger partial charge in [0.25, 0.3) is 5.91 Å². The zero-order chi connectivity index (χ0) is 18.7. The van der Waals surface area contributed by atoms with Crippen molar-refractivity contribution in [2.75, 3.05) is 46.5 Å². The van der Waals surface area contributed by atoms with Crippen LogP contribution in [0.3, 0.4) is 0 Å². The number of amides is 1. The Morgan fingerprint density at radius 2 is 2.12 bits per heavy atom. The molecule has 0 unspecified atom stereocenters. The second kappa shape index (κ2) is 8.71. The summed E-state index contributed by atoms with van der Waals surface area (Å²) >= 11 is 9.97. The lowest BCUT2D eigenvalue weighted by Gasteiger charge is -2.28. The largest absolute Gasteiger partial charge is 0.503 e. The fourth-order valence-electron chi connectivity index (χ4n) is 2.74. The van der Waals surface area contributed by atoms with E-state index in [0.29, 0.717) is 26.0 Å². The summed E-state index contributed by atoms with van der Waals surface area (Å²) in [6.45, 7) is 4.58. The van der Waals surface area contributed by atoms with Gasteiger partial charge in [0.2, 0.25) is 0 Å². The Bertz CT molecular complexity index is 751. The zero-order valence-electron chi connectivity index (χ0n) is 14.2. The normalized spacial score (nSPS) is 20.2. The Hall–Kier alpha value is -1.13. The molecule has 0 radical (unpaired) electrons. The van der Waals surface area contributed by atoms with Gasteiger partial charge in [-0.3, -0.25) is 14.6 Å². The molecule has 2 heterocycles. The average molecular weight is 459 g/mol. The number of phenolic OH excluding ortho intramolecular Hbond substituents is 1. The number of carbonyl (C=O) groups is 1. The molecule has 9 heteroatoms. The quantitative estimate of drug-likeness (QED) is 0.537. The van der Waals surface area contributed by atoms with E-state index in [-0.39, 0.29) is 11.7 Å². The maximum absolute atomic E-state index is 12.7. The number of carbonyl (C=O) groups excluding carboxylic acids is 1. The maximum atomic E-state index is 12.7. The van der Waals surface area contributed by atoms with Crippen LogP contribution in [-0.2, 0) is 9.53 Å². The maximum Gasteiger partial charge on any atom is 0.266 e. The van der Waals surface area contributed by atoms with Crippen molar-refractivity contribution in [2.24, 2.45) is 0 Å². The number of benzene rings is 1. The lowest BCUT2D eigenvalue weighted by molar-refractivity contribution is -0.122. The topological polar surface area (TPSA) is 62.2 Å². The minimum Gasteiger partial charge on any atom is -0.503 e. The standard InChI is InChI=1S/C17H19BrN2O4S2/c1-23-13-9-11(8-12(18)15(13)21)10-14-16(22)20(17(25)26-14)3-2-19-4-6-24-7-5-19/h8-10,21H,2-7H2,1H3/b14-10-. The molecule has 1 amide bonds. The van der Waals surface area contributed by atoms with Crippen molar-refractivity contribution in [3.63, 3.8) is 0 Å². The van der Waals surface area contributed by atoms with Gasteiger partial charge in [0.1, 0.15) is 4.32 Å². The van der Waals surface area contributed by atoms with Crippen LogP contribution in [0.2, 0.25) is 0 Å². The highest BCUT2D eigenvalue weighted by Crippen LogP contribution is 2.38. The van der Waals surface area contributed by atoms with Gasteiger partial charge in [-0.2, -0.15) is 0 Å². The third-order valence-corrected chi connectivity index (χ3v) is 6.17. The van der Waals surface area contributed by atoms with Gasteiger partial charge in [-0.05, 0) is 39.7 Å². The Balaban J connectivity index is 1.71. The Kier molecular flexibility index (Phi) is 6.57. The molecular weight excluding hydrogens is 440 g/mol. The number of hydrogen-bond donors (Lipinski definition) is 1. The summed E-state index contributed by atoms with van der Waals surface area (Å²) in [5.41, 5.74) is 0.750. The second-order valence-corrected chi connectivity index (χ2v) is 8.37. The molecule has 26 heavy (non-hydrogen) atoms. The number of halogens is 1. The van der Waals surface area contributed by atoms with Gasteiger partial charge >= 0.3 is 0 Å². The minimum absolute atomic E-state index is 0.0303. The monoisotopic (exact) mass is 458 g/mol. The van der Waals surface area contributed by atoms with Crippen molar-refractivity contribution in [3.05, 3.63) is 27.1 Å². The average Bonchev–Trinajstić information content (AvgIpc) is 2.90. The van der Waals surface area contributed by atoms with E-state index in [4.69, 9.17) is 21.7 Å². The summed E-state index contributed by atoms with van der Waals surface area (Å²) in [6.07, 6.45) is 1.76. The van der Waals surface area contributed by atoms with Crippen LogP contribution in [0.25, 0.3) is 6.08 Å². The van der Waals surface area contributed by atoms with Gasteiger partial charge in [0, 0.05) is 26.2 Å². The molecule has 0 aromatic heterocycles. The molecule has 0 spiro atoms. The molecule has 1 aromatic carbocycles. The van der Waals surface area contributed by atoms with E-state index < -0.39 is 0 Å². The van der Waals surface area contributed by atoms with Crippen LogP contribution in [-0.4, -0.2) is 71.6 Å². The van der Waals surface area contributed by atoms with Gasteiger partial charge in [-0.25, -0.2) is 0 Å². The van der Waals surface area contributed by atoms with E-state index in [1.165, 1.54) is 18.9 Å². The number of thiocarbonyl (C=S) groups is 1. The predicted octanol–water partition coefficient (Wildman–Crippen LogP) is 2.70. The summed E-state index contributed by atoms with van der Waals surface area (Å²) in [7, 11) is 1.48. The molecule has 2 saturated heterocycles. The Morgan fingerprint density at radius 3 is 2.81 bits per heavy atom. The number of rotatable bonds is 5. The second-order valence-electron chi connectivity index (χ2n) is 5.84. The number of morpholine rings is 1. The molecule has 0 aliphatic carbocycles. The van der Waals surface area contributed by atoms with Crippen LogP contribution in [0.5, 0.6) is 11.5 Å². The SMILES string of the molecule is COc1cc(/C=C2\SC(=S)N(CCN3CCOCC3)C2=O)cc(Br)c1O. The van der Waals surface area contributed by atoms with Crippen LogP contribution in [0.1, 0.15) is 5.56 Å². The molecule has 3 rings (SSSR count). The number of phenols is 1. The van der Waals surface area contributed by atoms with Gasteiger partial charge in [-0.1, -0.05) is 24.0 Å². The zero-order valence-corrected chi connectivity index (χ0v) is 17.5. The lowest BCUT2D eigenvalue weighted by atomic mass is 10.2. The summed E-state index contributed by atoms with van der Waals surface area (Å²) in [5.74, 6) is 0.285. The molecule has 2 aliphatic heterocycles. The number of aromatic hydroxyl groups is 1. The van der Waals surface area contributed by atoms with E-state index >= 15 is 0 Å². The lowest BCUT2D eigenvalue weighted by Crippen LogP contribution is -2.42. The van der Waals surface area contributed by atoms with Crippen LogP contribution in [0.15, 0.2) is 21.5 Å². The van der Waals surface area contributed by atoms with Gasteiger partial charge in [-0.15, -0.1) is 0 Å². The first-order chi connectivity index (χ1) is 12.5. The van der Waals surface area contributed by atoms with Crippen molar-refractivity contribution < 1.29 is 19.4 Å². The van der Waals surface area contributed by atoms with Crippen molar-refractivity contribution in [3.8, 4) is 11.5 Å². The Morgan fingerprint density at radius 1 is 1.38 bits per heavy atom. The van der Waals surface area contributed by atoms with Crippen molar-refractivity contribution >= 4 is 56.2 Å². The van der Waals surface area contributed by atoms with E-state index in [9.17, 15) is 9.90 Å². The predicted molar refractivity (Wildman–Crippen MR) is 109 cm³/mol. The molecule has 0 saturated carbocycles. The number of hydrogen-bond acceptors (Lipinski definition) is 7. The fraction of sp³-hybridized carbons (Fsp3) is 0.412. The van der Waals surface area contributed by atoms with E-state index in [1.807, 2.05) is 0 Å². The fourth-order valence-corrected chi connectivity index (χ4v) is 4.51. The summed E-state index contributed by atoms with van der Waals surface area (Å²) in [6, 6.07) is 3.42. The third-order valence-electron chi connectivity index (χ3n) is 4.19. The smallest absolute Gasteiger partial charge is 0.266 e. The first-order valence-corrected chi connectivity index (χ1v) is 10.1. The molecular formula is C17H19BrN2O4S2. The molecule has 6 nitrogen and oxygen atoms in total. The van der Waals surface area contributed by atoms with Crippen molar-refractivity contribution in [1.82, 2.24) is 9.80 Å². The van der Waals surface area contributed by atoms with Crippen LogP contribution < -0.4 is 4.74 Å². The minimum atomic E-state index is -0.0866. The number of thioether (sulfide) groups is 1. The molecule has 2 aliphatic rings. The molecule has 0 bridgehead atoms. The highest BCUT2D eigenvalue weighted by atomic mass is 79.9. The van der Waals surface area contributed by atoms with Crippen LogP contribution in [0, 0.1) is 0 Å². The highest BCUT2D eigenvalue weighted by Gasteiger charge is 2.32. The molecule has 140 valence electrons. The van der Waals surface area contributed by atoms with E-state index in [0.717, 1.165) is 38.4 Å². The van der Waals surface area contributed by atoms with E-state index in [2.05, 4.69) is 20.8 Å². The van der Waals surface area contributed by atoms with Crippen LogP contribution >= 0.6 is 39.9 Å². The van der Waals surface area contributed by atoms with Gasteiger partial charge < -0.3 is 14.6 Å².